The zero-order valence-corrected chi connectivity index (χ0v) is 17.3. The fraction of sp³-hybridized carbons (Fsp3) is 0.682. The van der Waals surface area contributed by atoms with Crippen molar-refractivity contribution in [1.82, 2.24) is 4.90 Å². The van der Waals surface area contributed by atoms with E-state index in [9.17, 15) is 4.79 Å². The number of esters is 1. The van der Waals surface area contributed by atoms with Gasteiger partial charge in [-0.25, -0.2) is 0 Å². The largest absolute Gasteiger partial charge is 0.493 e. The van der Waals surface area contributed by atoms with Crippen LogP contribution >= 0.6 is 0 Å². The summed E-state index contributed by atoms with van der Waals surface area (Å²) in [7, 11) is 3.28. The highest BCUT2D eigenvalue weighted by Crippen LogP contribution is 2.32. The lowest BCUT2D eigenvalue weighted by Crippen LogP contribution is -2.46. The topological polar surface area (TPSA) is 57.2 Å². The van der Waals surface area contributed by atoms with E-state index in [-0.39, 0.29) is 18.3 Å². The SMILES string of the molecule is COc1ccc(CCO[C@H]2C(OC(C)=O)CCN2C2CCCCC2)cc1OC. The van der Waals surface area contributed by atoms with Crippen LogP contribution in [0.25, 0.3) is 0 Å². The Bertz CT molecular complexity index is 644. The molecule has 0 N–H and O–H groups in total. The average Bonchev–Trinajstić information content (AvgIpc) is 3.10. The van der Waals surface area contributed by atoms with Gasteiger partial charge in [0.2, 0.25) is 0 Å². The van der Waals surface area contributed by atoms with Gasteiger partial charge >= 0.3 is 5.97 Å². The number of carbonyl (C=O) groups excluding carboxylic acids is 1. The Morgan fingerprint density at radius 2 is 1.82 bits per heavy atom. The average molecular weight is 392 g/mol. The Hall–Kier alpha value is -1.79. The Morgan fingerprint density at radius 1 is 1.07 bits per heavy atom. The fourth-order valence-corrected chi connectivity index (χ4v) is 4.43. The molecule has 1 aromatic rings. The van der Waals surface area contributed by atoms with Crippen LogP contribution in [0.2, 0.25) is 0 Å². The van der Waals surface area contributed by atoms with E-state index in [1.54, 1.807) is 14.2 Å². The third kappa shape index (κ3) is 5.17. The predicted molar refractivity (Wildman–Crippen MR) is 107 cm³/mol. The Morgan fingerprint density at radius 3 is 2.50 bits per heavy atom. The van der Waals surface area contributed by atoms with E-state index in [0.29, 0.717) is 12.6 Å². The molecule has 1 aromatic carbocycles. The molecule has 1 heterocycles. The first-order valence-electron chi connectivity index (χ1n) is 10.4. The summed E-state index contributed by atoms with van der Waals surface area (Å²) < 4.78 is 22.5. The molecule has 1 aliphatic carbocycles. The van der Waals surface area contributed by atoms with E-state index in [4.69, 9.17) is 18.9 Å². The molecule has 28 heavy (non-hydrogen) atoms. The van der Waals surface area contributed by atoms with E-state index in [1.165, 1.54) is 39.0 Å². The molecule has 1 unspecified atom stereocenters. The maximum absolute atomic E-state index is 11.5. The lowest BCUT2D eigenvalue weighted by molar-refractivity contribution is -0.162. The van der Waals surface area contributed by atoms with Crippen molar-refractivity contribution < 1.29 is 23.7 Å². The number of hydrogen-bond acceptors (Lipinski definition) is 6. The first-order chi connectivity index (χ1) is 13.6. The van der Waals surface area contributed by atoms with Gasteiger partial charge in [0.15, 0.2) is 11.5 Å². The van der Waals surface area contributed by atoms with Gasteiger partial charge in [0, 0.05) is 25.9 Å². The quantitative estimate of drug-likeness (QED) is 0.632. The number of carbonyl (C=O) groups is 1. The van der Waals surface area contributed by atoms with Crippen LogP contribution in [0.4, 0.5) is 0 Å². The summed E-state index contributed by atoms with van der Waals surface area (Å²) in [6.45, 7) is 2.98. The van der Waals surface area contributed by atoms with Crippen molar-refractivity contribution >= 4 is 5.97 Å². The van der Waals surface area contributed by atoms with Crippen molar-refractivity contribution in [3.05, 3.63) is 23.8 Å². The minimum absolute atomic E-state index is 0.146. The molecule has 1 aliphatic heterocycles. The third-order valence-corrected chi connectivity index (χ3v) is 5.81. The van der Waals surface area contributed by atoms with Gasteiger partial charge in [-0.05, 0) is 37.0 Å². The molecule has 0 bridgehead atoms. The number of likely N-dealkylation sites (tertiary alicyclic amines) is 1. The van der Waals surface area contributed by atoms with Crippen LogP contribution in [0.5, 0.6) is 11.5 Å². The molecular weight excluding hydrogens is 358 g/mol. The smallest absolute Gasteiger partial charge is 0.303 e. The zero-order valence-electron chi connectivity index (χ0n) is 17.3. The lowest BCUT2D eigenvalue weighted by atomic mass is 9.94. The summed E-state index contributed by atoms with van der Waals surface area (Å²) in [5.74, 6) is 1.22. The second-order valence-corrected chi connectivity index (χ2v) is 7.67. The highest BCUT2D eigenvalue weighted by atomic mass is 16.6. The molecule has 156 valence electrons. The molecule has 0 amide bonds. The number of rotatable bonds is 8. The van der Waals surface area contributed by atoms with Gasteiger partial charge in [-0.1, -0.05) is 25.3 Å². The molecule has 0 radical (unpaired) electrons. The standard InChI is InChI=1S/C22H33NO5/c1-16(24)28-20-11-13-23(18-7-5-4-6-8-18)22(20)27-14-12-17-9-10-19(25-2)21(15-17)26-3/h9-10,15,18,20,22H,4-8,11-14H2,1-3H3/t20?,22-/m0/s1. The molecule has 2 fully saturated rings. The molecule has 6 nitrogen and oxygen atoms in total. The van der Waals surface area contributed by atoms with Gasteiger partial charge < -0.3 is 18.9 Å². The van der Waals surface area contributed by atoms with Crippen LogP contribution in [0.1, 0.15) is 51.0 Å². The van der Waals surface area contributed by atoms with Gasteiger partial charge in [0.05, 0.1) is 20.8 Å². The Kier molecular flexibility index (Phi) is 7.57. The monoisotopic (exact) mass is 391 g/mol. The van der Waals surface area contributed by atoms with Gasteiger partial charge in [-0.3, -0.25) is 9.69 Å². The summed E-state index contributed by atoms with van der Waals surface area (Å²) in [6, 6.07) is 6.47. The minimum Gasteiger partial charge on any atom is -0.493 e. The molecule has 3 rings (SSSR count). The van der Waals surface area contributed by atoms with Gasteiger partial charge in [0.25, 0.3) is 0 Å². The molecule has 1 saturated heterocycles. The van der Waals surface area contributed by atoms with Crippen LogP contribution in [0, 0.1) is 0 Å². The maximum atomic E-state index is 11.5. The van der Waals surface area contributed by atoms with Crippen LogP contribution in [0.15, 0.2) is 18.2 Å². The summed E-state index contributed by atoms with van der Waals surface area (Å²) in [5.41, 5.74) is 1.13. The van der Waals surface area contributed by atoms with Crippen molar-refractivity contribution in [2.45, 2.75) is 70.2 Å². The van der Waals surface area contributed by atoms with Crippen molar-refractivity contribution in [3.8, 4) is 11.5 Å². The summed E-state index contributed by atoms with van der Waals surface area (Å²) in [4.78, 5) is 14.0. The predicted octanol–water partition coefficient (Wildman–Crippen LogP) is 3.56. The molecule has 2 aliphatic rings. The molecular formula is C22H33NO5. The number of ether oxygens (including phenoxy) is 4. The molecule has 0 aromatic heterocycles. The molecule has 6 heteroatoms. The van der Waals surface area contributed by atoms with E-state index >= 15 is 0 Å². The summed E-state index contributed by atoms with van der Waals surface area (Å²) in [6.07, 6.45) is 7.58. The second kappa shape index (κ2) is 10.1. The van der Waals surface area contributed by atoms with Crippen molar-refractivity contribution in [1.29, 1.82) is 0 Å². The lowest BCUT2D eigenvalue weighted by Gasteiger charge is -2.36. The van der Waals surface area contributed by atoms with E-state index in [1.807, 2.05) is 18.2 Å². The van der Waals surface area contributed by atoms with Gasteiger partial charge in [-0.15, -0.1) is 0 Å². The van der Waals surface area contributed by atoms with Crippen LogP contribution in [-0.2, 0) is 20.7 Å². The fourth-order valence-electron chi connectivity index (χ4n) is 4.43. The van der Waals surface area contributed by atoms with E-state index in [2.05, 4.69) is 4.90 Å². The van der Waals surface area contributed by atoms with Crippen molar-refractivity contribution in [3.63, 3.8) is 0 Å². The third-order valence-electron chi connectivity index (χ3n) is 5.81. The normalized spacial score (nSPS) is 23.5. The van der Waals surface area contributed by atoms with Gasteiger partial charge in [0.1, 0.15) is 12.3 Å². The number of benzene rings is 1. The summed E-state index contributed by atoms with van der Waals surface area (Å²) in [5, 5.41) is 0. The number of hydrogen-bond donors (Lipinski definition) is 0. The molecule has 2 atom stereocenters. The van der Waals surface area contributed by atoms with Crippen LogP contribution in [-0.4, -0.2) is 56.6 Å². The van der Waals surface area contributed by atoms with E-state index < -0.39 is 0 Å². The highest BCUT2D eigenvalue weighted by Gasteiger charge is 2.40. The number of nitrogens with zero attached hydrogens (tertiary/aromatic N) is 1. The molecule has 1 saturated carbocycles. The first kappa shape index (κ1) is 20.9. The highest BCUT2D eigenvalue weighted by molar-refractivity contribution is 5.66. The van der Waals surface area contributed by atoms with E-state index in [0.717, 1.165) is 36.4 Å². The Labute approximate surface area is 168 Å². The summed E-state index contributed by atoms with van der Waals surface area (Å²) >= 11 is 0. The van der Waals surface area contributed by atoms with Gasteiger partial charge in [-0.2, -0.15) is 0 Å². The van der Waals surface area contributed by atoms with Crippen LogP contribution in [0.3, 0.4) is 0 Å². The first-order valence-corrected chi connectivity index (χ1v) is 10.4. The Balaban J connectivity index is 1.61. The van der Waals surface area contributed by atoms with Crippen molar-refractivity contribution in [2.24, 2.45) is 0 Å². The maximum Gasteiger partial charge on any atom is 0.303 e. The minimum atomic E-state index is -0.232. The van der Waals surface area contributed by atoms with Crippen molar-refractivity contribution in [2.75, 3.05) is 27.4 Å². The van der Waals surface area contributed by atoms with Crippen LogP contribution < -0.4 is 9.47 Å². The zero-order chi connectivity index (χ0) is 19.9. The second-order valence-electron chi connectivity index (χ2n) is 7.67. The number of methoxy groups -OCH3 is 2. The molecule has 0 spiro atoms.